The van der Waals surface area contributed by atoms with E-state index in [-0.39, 0.29) is 17.6 Å². The Morgan fingerprint density at radius 3 is 1.87 bits per heavy atom. The van der Waals surface area contributed by atoms with Crippen molar-refractivity contribution in [2.45, 2.75) is 12.8 Å². The minimum atomic E-state index is -0.404. The molecule has 194 valence electrons. The Balaban J connectivity index is 0.000000211. The Bertz CT molecular complexity index is 1390. The number of benzene rings is 2. The summed E-state index contributed by atoms with van der Waals surface area (Å²) in [6, 6.07) is 19.0. The summed E-state index contributed by atoms with van der Waals surface area (Å²) in [5, 5.41) is 0. The SMILES string of the molecule is COC(=O)c1ccnc(/C=C/c2ccc(F)cc2)c1.COC(=O)c1ccnc(CCc2ccc(F)cc2)c1. The molecule has 2 heterocycles. The Kier molecular flexibility index (Phi) is 10.4. The first kappa shape index (κ1) is 27.9. The number of carbonyl (C=O) groups excluding carboxylic acids is 2. The lowest BCUT2D eigenvalue weighted by atomic mass is 10.1. The van der Waals surface area contributed by atoms with Crippen LogP contribution in [0, 0.1) is 11.6 Å². The standard InChI is InChI=1S/C15H14FNO2.C15H12FNO2/c2*1-19-15(18)12-8-9-17-14(10-12)7-4-11-2-5-13(16)6-3-11/h2-3,5-6,8-10H,4,7H2,1H3;2-10H,1H3/b;7-4+. The summed E-state index contributed by atoms with van der Waals surface area (Å²) in [4.78, 5) is 31.1. The van der Waals surface area contributed by atoms with Crippen molar-refractivity contribution >= 4 is 24.1 Å². The highest BCUT2D eigenvalue weighted by molar-refractivity contribution is 5.90. The first-order valence-electron chi connectivity index (χ1n) is 11.6. The van der Waals surface area contributed by atoms with Gasteiger partial charge < -0.3 is 9.47 Å². The van der Waals surface area contributed by atoms with E-state index in [4.69, 9.17) is 0 Å². The Morgan fingerprint density at radius 1 is 0.711 bits per heavy atom. The second-order valence-electron chi connectivity index (χ2n) is 8.00. The molecule has 0 aliphatic heterocycles. The molecule has 38 heavy (non-hydrogen) atoms. The third-order valence-electron chi connectivity index (χ3n) is 5.34. The van der Waals surface area contributed by atoms with Crippen LogP contribution >= 0.6 is 0 Å². The smallest absolute Gasteiger partial charge is 0.337 e. The van der Waals surface area contributed by atoms with Gasteiger partial charge in [0.2, 0.25) is 0 Å². The zero-order chi connectivity index (χ0) is 27.3. The van der Waals surface area contributed by atoms with Crippen LogP contribution in [0.5, 0.6) is 0 Å². The van der Waals surface area contributed by atoms with Crippen molar-refractivity contribution in [3.63, 3.8) is 0 Å². The van der Waals surface area contributed by atoms with E-state index in [0.29, 0.717) is 23.2 Å². The summed E-state index contributed by atoms with van der Waals surface area (Å²) in [5.41, 5.74) is 4.26. The molecule has 4 rings (SSSR count). The maximum absolute atomic E-state index is 12.8. The zero-order valence-corrected chi connectivity index (χ0v) is 20.9. The molecule has 0 amide bonds. The molecule has 8 heteroatoms. The van der Waals surface area contributed by atoms with Gasteiger partial charge in [0.1, 0.15) is 11.6 Å². The molecule has 6 nitrogen and oxygen atoms in total. The molecule has 0 unspecified atom stereocenters. The number of esters is 2. The largest absolute Gasteiger partial charge is 0.465 e. The van der Waals surface area contributed by atoms with Crippen molar-refractivity contribution in [1.82, 2.24) is 9.97 Å². The van der Waals surface area contributed by atoms with Gasteiger partial charge in [-0.2, -0.15) is 0 Å². The average molecular weight is 517 g/mol. The number of ether oxygens (including phenoxy) is 2. The van der Waals surface area contributed by atoms with Gasteiger partial charge in [-0.3, -0.25) is 9.97 Å². The first-order chi connectivity index (χ1) is 18.4. The molecule has 0 aliphatic carbocycles. The maximum Gasteiger partial charge on any atom is 0.337 e. The Hall–Kier alpha value is -4.72. The number of halogens is 2. The van der Waals surface area contributed by atoms with Crippen LogP contribution in [0.4, 0.5) is 8.78 Å². The summed E-state index contributed by atoms with van der Waals surface area (Å²) in [6.45, 7) is 0. The van der Waals surface area contributed by atoms with E-state index in [1.54, 1.807) is 66.9 Å². The van der Waals surface area contributed by atoms with Gasteiger partial charge in [-0.15, -0.1) is 0 Å². The lowest BCUT2D eigenvalue weighted by Gasteiger charge is -2.04. The second-order valence-corrected chi connectivity index (χ2v) is 8.00. The molecular formula is C30H26F2N2O4. The fourth-order valence-electron chi connectivity index (χ4n) is 3.32. The number of carbonyl (C=O) groups is 2. The Morgan fingerprint density at radius 2 is 1.26 bits per heavy atom. The number of nitrogens with zero attached hydrogens (tertiary/aromatic N) is 2. The van der Waals surface area contributed by atoms with Gasteiger partial charge in [-0.25, -0.2) is 18.4 Å². The van der Waals surface area contributed by atoms with Crippen molar-refractivity contribution < 1.29 is 27.8 Å². The number of pyridine rings is 2. The van der Waals surface area contributed by atoms with Gasteiger partial charge in [0.25, 0.3) is 0 Å². The fourth-order valence-corrected chi connectivity index (χ4v) is 3.32. The molecule has 0 radical (unpaired) electrons. The van der Waals surface area contributed by atoms with E-state index >= 15 is 0 Å². The number of hydrogen-bond donors (Lipinski definition) is 0. The van der Waals surface area contributed by atoms with Gasteiger partial charge >= 0.3 is 11.9 Å². The van der Waals surface area contributed by atoms with E-state index in [1.807, 2.05) is 0 Å². The highest BCUT2D eigenvalue weighted by Gasteiger charge is 2.07. The van der Waals surface area contributed by atoms with E-state index in [0.717, 1.165) is 23.2 Å². The fraction of sp³-hybridized carbons (Fsp3) is 0.133. The molecule has 2 aromatic heterocycles. The summed E-state index contributed by atoms with van der Waals surface area (Å²) in [5.74, 6) is -1.29. The molecule has 0 fully saturated rings. The van der Waals surface area contributed by atoms with Crippen molar-refractivity contribution in [1.29, 1.82) is 0 Å². The quantitative estimate of drug-likeness (QED) is 0.282. The maximum atomic E-state index is 12.8. The van der Waals surface area contributed by atoms with Crippen LogP contribution in [0.3, 0.4) is 0 Å². The minimum absolute atomic E-state index is 0.241. The van der Waals surface area contributed by atoms with Crippen LogP contribution < -0.4 is 0 Å². The molecule has 4 aromatic rings. The van der Waals surface area contributed by atoms with E-state index in [2.05, 4.69) is 19.4 Å². The molecule has 0 bridgehead atoms. The highest BCUT2D eigenvalue weighted by Crippen LogP contribution is 2.11. The molecule has 0 N–H and O–H groups in total. The van der Waals surface area contributed by atoms with Crippen molar-refractivity contribution in [3.8, 4) is 0 Å². The molecular weight excluding hydrogens is 490 g/mol. The van der Waals surface area contributed by atoms with Crippen LogP contribution in [0.25, 0.3) is 12.2 Å². The van der Waals surface area contributed by atoms with Gasteiger partial charge in [-0.05, 0) is 78.6 Å². The van der Waals surface area contributed by atoms with Gasteiger partial charge in [-0.1, -0.05) is 30.3 Å². The van der Waals surface area contributed by atoms with E-state index < -0.39 is 5.97 Å². The predicted octanol–water partition coefficient (Wildman–Crippen LogP) is 5.97. The van der Waals surface area contributed by atoms with Gasteiger partial charge in [0.15, 0.2) is 0 Å². The molecule has 2 aromatic carbocycles. The number of rotatable bonds is 7. The number of aryl methyl sites for hydroxylation is 2. The monoisotopic (exact) mass is 516 g/mol. The molecule has 0 saturated heterocycles. The van der Waals surface area contributed by atoms with Crippen LogP contribution in [0.2, 0.25) is 0 Å². The lowest BCUT2D eigenvalue weighted by molar-refractivity contribution is 0.0591. The van der Waals surface area contributed by atoms with Crippen molar-refractivity contribution in [2.75, 3.05) is 14.2 Å². The first-order valence-corrected chi connectivity index (χ1v) is 11.6. The third kappa shape index (κ3) is 8.74. The van der Waals surface area contributed by atoms with Crippen molar-refractivity contribution in [3.05, 3.63) is 130 Å². The Labute approximate surface area is 219 Å². The second kappa shape index (κ2) is 14.1. The van der Waals surface area contributed by atoms with E-state index in [1.165, 1.54) is 44.7 Å². The number of aromatic nitrogens is 2. The van der Waals surface area contributed by atoms with E-state index in [9.17, 15) is 18.4 Å². The van der Waals surface area contributed by atoms with Gasteiger partial charge in [0.05, 0.1) is 31.0 Å². The zero-order valence-electron chi connectivity index (χ0n) is 20.9. The molecule has 0 atom stereocenters. The van der Waals surface area contributed by atoms with Crippen LogP contribution in [-0.2, 0) is 22.3 Å². The highest BCUT2D eigenvalue weighted by atomic mass is 19.1. The van der Waals surface area contributed by atoms with Gasteiger partial charge in [0, 0.05) is 18.1 Å². The average Bonchev–Trinajstić information content (AvgIpc) is 2.96. The topological polar surface area (TPSA) is 78.4 Å². The summed E-state index contributed by atoms with van der Waals surface area (Å²) in [7, 11) is 2.68. The summed E-state index contributed by atoms with van der Waals surface area (Å²) < 4.78 is 34.8. The van der Waals surface area contributed by atoms with Crippen LogP contribution in [0.1, 0.15) is 43.2 Å². The van der Waals surface area contributed by atoms with Crippen LogP contribution in [-0.4, -0.2) is 36.1 Å². The molecule has 0 spiro atoms. The summed E-state index contributed by atoms with van der Waals surface area (Å²) >= 11 is 0. The number of hydrogen-bond acceptors (Lipinski definition) is 6. The number of methoxy groups -OCH3 is 2. The predicted molar refractivity (Wildman–Crippen MR) is 140 cm³/mol. The van der Waals surface area contributed by atoms with Crippen LogP contribution in [0.15, 0.2) is 85.2 Å². The third-order valence-corrected chi connectivity index (χ3v) is 5.34. The van der Waals surface area contributed by atoms with Crippen molar-refractivity contribution in [2.24, 2.45) is 0 Å². The normalized spacial score (nSPS) is 10.4. The molecule has 0 saturated carbocycles. The molecule has 0 aliphatic rings. The summed E-state index contributed by atoms with van der Waals surface area (Å²) in [6.07, 6.45) is 8.11. The minimum Gasteiger partial charge on any atom is -0.465 e. The lowest BCUT2D eigenvalue weighted by Crippen LogP contribution is -2.03.